The molecule has 1 fully saturated rings. The lowest BCUT2D eigenvalue weighted by Crippen LogP contribution is -2.46. The topological polar surface area (TPSA) is 66.5 Å². The maximum Gasteiger partial charge on any atom is 0.319 e. The van der Waals surface area contributed by atoms with Crippen LogP contribution < -0.4 is 15.4 Å². The number of hydrogen-bond donors (Lipinski definition) is 2. The molecule has 3 rings (SSSR count). The smallest absolute Gasteiger partial charge is 0.319 e. The molecule has 1 aromatic carbocycles. The molecule has 1 aliphatic heterocycles. The van der Waals surface area contributed by atoms with Crippen LogP contribution in [0.5, 0.6) is 5.75 Å². The van der Waals surface area contributed by atoms with E-state index in [4.69, 9.17) is 27.9 Å². The number of urea groups is 1. The number of pyridine rings is 1. The molecule has 0 spiro atoms. The molecule has 1 aliphatic rings. The van der Waals surface area contributed by atoms with Crippen LogP contribution in [-0.4, -0.2) is 48.2 Å². The number of likely N-dealkylation sites (tertiary alicyclic amines) is 1. The Bertz CT molecular complexity index is 789. The van der Waals surface area contributed by atoms with Crippen LogP contribution in [0.15, 0.2) is 36.7 Å². The number of rotatable bonds is 7. The summed E-state index contributed by atoms with van der Waals surface area (Å²) in [6, 6.07) is 7.28. The fraction of sp³-hybridized carbons (Fsp3) is 0.429. The van der Waals surface area contributed by atoms with Gasteiger partial charge in [-0.2, -0.15) is 0 Å². The van der Waals surface area contributed by atoms with Crippen molar-refractivity contribution in [3.05, 3.63) is 52.3 Å². The van der Waals surface area contributed by atoms with E-state index in [2.05, 4.69) is 32.7 Å². The van der Waals surface area contributed by atoms with Gasteiger partial charge in [0.05, 0.1) is 16.7 Å². The molecule has 2 N–H and O–H groups in total. The van der Waals surface area contributed by atoms with E-state index >= 15 is 0 Å². The summed E-state index contributed by atoms with van der Waals surface area (Å²) in [5.41, 5.74) is 1.84. The van der Waals surface area contributed by atoms with Gasteiger partial charge < -0.3 is 20.3 Å². The maximum atomic E-state index is 12.3. The number of hydrogen-bond acceptors (Lipinski definition) is 4. The zero-order valence-corrected chi connectivity index (χ0v) is 18.0. The van der Waals surface area contributed by atoms with Crippen molar-refractivity contribution in [2.24, 2.45) is 0 Å². The Morgan fingerprint density at radius 3 is 2.48 bits per heavy atom. The van der Waals surface area contributed by atoms with E-state index in [-0.39, 0.29) is 12.1 Å². The van der Waals surface area contributed by atoms with Crippen LogP contribution in [-0.2, 0) is 6.42 Å². The number of piperidine rings is 1. The number of halogens is 2. The molecule has 0 radical (unpaired) electrons. The van der Waals surface area contributed by atoms with Gasteiger partial charge in [0.1, 0.15) is 0 Å². The molecule has 0 unspecified atom stereocenters. The molecule has 1 saturated heterocycles. The van der Waals surface area contributed by atoms with Gasteiger partial charge in [0, 0.05) is 43.8 Å². The molecule has 2 aromatic rings. The van der Waals surface area contributed by atoms with Gasteiger partial charge in [-0.3, -0.25) is 4.98 Å². The second kappa shape index (κ2) is 10.7. The van der Waals surface area contributed by atoms with E-state index in [1.54, 1.807) is 12.1 Å². The van der Waals surface area contributed by atoms with E-state index in [1.165, 1.54) is 5.56 Å². The minimum absolute atomic E-state index is 0.154. The van der Waals surface area contributed by atoms with Crippen LogP contribution >= 0.6 is 23.2 Å². The Balaban J connectivity index is 1.43. The van der Waals surface area contributed by atoms with Crippen LogP contribution in [0, 0.1) is 0 Å². The van der Waals surface area contributed by atoms with Crippen molar-refractivity contribution in [2.45, 2.75) is 32.2 Å². The Morgan fingerprint density at radius 2 is 1.86 bits per heavy atom. The first-order chi connectivity index (χ1) is 14.0. The first kappa shape index (κ1) is 21.7. The van der Waals surface area contributed by atoms with Gasteiger partial charge in [0.2, 0.25) is 0 Å². The zero-order valence-electron chi connectivity index (χ0n) is 16.5. The normalized spacial score (nSPS) is 15.1. The van der Waals surface area contributed by atoms with Crippen molar-refractivity contribution in [1.29, 1.82) is 0 Å². The molecule has 6 nitrogen and oxygen atoms in total. The Morgan fingerprint density at radius 1 is 1.21 bits per heavy atom. The molecule has 1 aromatic heterocycles. The molecule has 0 bridgehead atoms. The standard InChI is InChI=1S/C21H26Cl2N4O2/c1-2-29-20-18(22)13-17(14-19(20)23)26-21(28)25-16-6-11-27(12-7-16)10-5-15-3-8-24-9-4-15/h3-4,8-9,13-14,16H,2,5-7,10-12H2,1H3,(H2,25,26,28). The monoisotopic (exact) mass is 436 g/mol. The molecule has 2 heterocycles. The van der Waals surface area contributed by atoms with Crippen LogP contribution in [0.2, 0.25) is 10.0 Å². The van der Waals surface area contributed by atoms with Crippen LogP contribution in [0.3, 0.4) is 0 Å². The third-order valence-corrected chi connectivity index (χ3v) is 5.50. The van der Waals surface area contributed by atoms with Crippen LogP contribution in [0.1, 0.15) is 25.3 Å². The second-order valence-electron chi connectivity index (χ2n) is 7.02. The number of anilines is 1. The summed E-state index contributed by atoms with van der Waals surface area (Å²) < 4.78 is 5.41. The molecule has 2 amide bonds. The van der Waals surface area contributed by atoms with Crippen molar-refractivity contribution in [1.82, 2.24) is 15.2 Å². The molecule has 156 valence electrons. The maximum absolute atomic E-state index is 12.3. The predicted octanol–water partition coefficient (Wildman–Crippen LogP) is 4.62. The number of carbonyl (C=O) groups excluding carboxylic acids is 1. The zero-order chi connectivity index (χ0) is 20.6. The summed E-state index contributed by atoms with van der Waals surface area (Å²) in [6.07, 6.45) is 6.52. The lowest BCUT2D eigenvalue weighted by molar-refractivity contribution is 0.197. The highest BCUT2D eigenvalue weighted by Crippen LogP contribution is 2.36. The number of carbonyl (C=O) groups is 1. The summed E-state index contributed by atoms with van der Waals surface area (Å²) >= 11 is 12.4. The summed E-state index contributed by atoms with van der Waals surface area (Å²) in [4.78, 5) is 18.8. The molecule has 8 heteroatoms. The van der Waals surface area contributed by atoms with Gasteiger partial charge in [0.25, 0.3) is 0 Å². The van der Waals surface area contributed by atoms with E-state index in [0.29, 0.717) is 28.1 Å². The number of ether oxygens (including phenoxy) is 1. The van der Waals surface area contributed by atoms with E-state index < -0.39 is 0 Å². The van der Waals surface area contributed by atoms with E-state index in [1.807, 2.05) is 19.3 Å². The fourth-order valence-corrected chi connectivity index (χ4v) is 4.00. The third-order valence-electron chi connectivity index (χ3n) is 4.93. The van der Waals surface area contributed by atoms with Crippen LogP contribution in [0.25, 0.3) is 0 Å². The summed E-state index contributed by atoms with van der Waals surface area (Å²) in [5.74, 6) is 0.431. The van der Waals surface area contributed by atoms with Gasteiger partial charge in [-0.1, -0.05) is 23.2 Å². The first-order valence-electron chi connectivity index (χ1n) is 9.85. The molecular formula is C21H26Cl2N4O2. The molecule has 0 aliphatic carbocycles. The van der Waals surface area contributed by atoms with Gasteiger partial charge in [-0.15, -0.1) is 0 Å². The average molecular weight is 437 g/mol. The van der Waals surface area contributed by atoms with Crippen LogP contribution in [0.4, 0.5) is 10.5 Å². The summed E-state index contributed by atoms with van der Waals surface area (Å²) in [5, 5.41) is 6.59. The Hall–Kier alpha value is -2.02. The van der Waals surface area contributed by atoms with E-state index in [9.17, 15) is 4.79 Å². The van der Waals surface area contributed by atoms with Gasteiger partial charge >= 0.3 is 6.03 Å². The van der Waals surface area contributed by atoms with Gasteiger partial charge in [-0.05, 0) is 56.0 Å². The quantitative estimate of drug-likeness (QED) is 0.664. The third kappa shape index (κ3) is 6.49. The number of nitrogens with zero attached hydrogens (tertiary/aromatic N) is 2. The molecule has 0 atom stereocenters. The second-order valence-corrected chi connectivity index (χ2v) is 7.84. The predicted molar refractivity (Wildman–Crippen MR) is 117 cm³/mol. The van der Waals surface area contributed by atoms with Crippen molar-refractivity contribution in [3.63, 3.8) is 0 Å². The first-order valence-corrected chi connectivity index (χ1v) is 10.6. The lowest BCUT2D eigenvalue weighted by atomic mass is 10.0. The van der Waals surface area contributed by atoms with Gasteiger partial charge in [-0.25, -0.2) is 4.79 Å². The number of nitrogens with one attached hydrogen (secondary N) is 2. The average Bonchev–Trinajstić information content (AvgIpc) is 2.71. The van der Waals surface area contributed by atoms with Gasteiger partial charge in [0.15, 0.2) is 5.75 Å². The Labute approximate surface area is 181 Å². The SMILES string of the molecule is CCOc1c(Cl)cc(NC(=O)NC2CCN(CCc3ccncc3)CC2)cc1Cl. The number of benzene rings is 1. The fourth-order valence-electron chi connectivity index (χ4n) is 3.40. The summed E-state index contributed by atoms with van der Waals surface area (Å²) in [7, 11) is 0. The minimum atomic E-state index is -0.253. The van der Waals surface area contributed by atoms with E-state index in [0.717, 1.165) is 38.9 Å². The molecule has 29 heavy (non-hydrogen) atoms. The molecule has 0 saturated carbocycles. The summed E-state index contributed by atoms with van der Waals surface area (Å²) in [6.45, 7) is 5.28. The lowest BCUT2D eigenvalue weighted by Gasteiger charge is -2.32. The highest BCUT2D eigenvalue weighted by Gasteiger charge is 2.21. The highest BCUT2D eigenvalue weighted by molar-refractivity contribution is 6.37. The van der Waals surface area contributed by atoms with Crippen molar-refractivity contribution in [2.75, 3.05) is 31.6 Å². The molecular weight excluding hydrogens is 411 g/mol. The van der Waals surface area contributed by atoms with Crippen molar-refractivity contribution in [3.8, 4) is 5.75 Å². The van der Waals surface area contributed by atoms with Crippen molar-refractivity contribution >= 4 is 34.9 Å². The minimum Gasteiger partial charge on any atom is -0.491 e. The van der Waals surface area contributed by atoms with Crippen molar-refractivity contribution < 1.29 is 9.53 Å². The highest BCUT2D eigenvalue weighted by atomic mass is 35.5. The Kier molecular flexibility index (Phi) is 7.98. The largest absolute Gasteiger partial charge is 0.491 e. The number of amides is 2. The number of aromatic nitrogens is 1.